The number of hydrogen-bond donors (Lipinski definition) is 1. The van der Waals surface area contributed by atoms with Crippen LogP contribution < -0.4 is 11.1 Å². The van der Waals surface area contributed by atoms with Crippen LogP contribution in [0.5, 0.6) is 0 Å². The summed E-state index contributed by atoms with van der Waals surface area (Å²) in [7, 11) is 0. The first-order valence-corrected chi connectivity index (χ1v) is 7.89. The van der Waals surface area contributed by atoms with Crippen molar-refractivity contribution in [3.63, 3.8) is 0 Å². The van der Waals surface area contributed by atoms with E-state index in [1.807, 2.05) is 29.0 Å². The van der Waals surface area contributed by atoms with Gasteiger partial charge in [-0.2, -0.15) is 4.68 Å². The fourth-order valence-electron chi connectivity index (χ4n) is 1.70. The topological polar surface area (TPSA) is 77.1 Å². The number of carbonyl (C=O) groups is 1. The zero-order valence-electron chi connectivity index (χ0n) is 10.8. The van der Waals surface area contributed by atoms with E-state index < -0.39 is 5.76 Å². The minimum absolute atomic E-state index is 0.154. The van der Waals surface area contributed by atoms with Gasteiger partial charge in [0, 0.05) is 4.88 Å². The Morgan fingerprint density at radius 1 is 1.29 bits per heavy atom. The Labute approximate surface area is 127 Å². The normalized spacial score (nSPS) is 10.7. The lowest BCUT2D eigenvalue weighted by molar-refractivity contribution is -0.122. The average Bonchev–Trinajstić information content (AvgIpc) is 3.18. The Kier molecular flexibility index (Phi) is 3.98. The quantitative estimate of drug-likeness (QED) is 0.779. The summed E-state index contributed by atoms with van der Waals surface area (Å²) >= 11 is 2.98. The first kappa shape index (κ1) is 13.8. The van der Waals surface area contributed by atoms with Gasteiger partial charge in [0.1, 0.15) is 6.54 Å². The summed E-state index contributed by atoms with van der Waals surface area (Å²) in [4.78, 5) is 25.3. The van der Waals surface area contributed by atoms with Gasteiger partial charge in [-0.3, -0.25) is 4.79 Å². The molecule has 3 rings (SSSR count). The second kappa shape index (κ2) is 6.06. The summed E-state index contributed by atoms with van der Waals surface area (Å²) in [6, 6.07) is 7.49. The SMILES string of the molecule is O=C(Cn1nc(-c2cccs2)oc1=O)NCc1cccs1. The third-order valence-corrected chi connectivity index (χ3v) is 4.41. The van der Waals surface area contributed by atoms with Gasteiger partial charge in [-0.1, -0.05) is 12.1 Å². The molecule has 0 fully saturated rings. The van der Waals surface area contributed by atoms with Crippen LogP contribution in [0.25, 0.3) is 10.8 Å². The van der Waals surface area contributed by atoms with Crippen LogP contribution in [0, 0.1) is 0 Å². The largest absolute Gasteiger partial charge is 0.437 e. The molecule has 0 saturated heterocycles. The molecular weight excluding hydrogens is 310 g/mol. The highest BCUT2D eigenvalue weighted by atomic mass is 32.1. The van der Waals surface area contributed by atoms with E-state index in [-0.39, 0.29) is 18.3 Å². The number of rotatable bonds is 5. The Bertz CT molecular complexity index is 772. The Balaban J connectivity index is 1.65. The number of hydrogen-bond acceptors (Lipinski definition) is 6. The molecule has 0 aliphatic heterocycles. The van der Waals surface area contributed by atoms with Crippen molar-refractivity contribution in [2.24, 2.45) is 0 Å². The van der Waals surface area contributed by atoms with Gasteiger partial charge in [-0.15, -0.1) is 27.8 Å². The molecule has 3 aromatic rings. The minimum Gasteiger partial charge on any atom is -0.387 e. The van der Waals surface area contributed by atoms with Gasteiger partial charge in [0.2, 0.25) is 5.91 Å². The Morgan fingerprint density at radius 3 is 2.81 bits per heavy atom. The number of thiophene rings is 2. The lowest BCUT2D eigenvalue weighted by Gasteiger charge is -2.02. The predicted molar refractivity (Wildman–Crippen MR) is 80.2 cm³/mol. The van der Waals surface area contributed by atoms with Crippen molar-refractivity contribution in [1.29, 1.82) is 0 Å². The Hall–Kier alpha value is -2.19. The third-order valence-electron chi connectivity index (χ3n) is 2.67. The molecule has 1 N–H and O–H groups in total. The van der Waals surface area contributed by atoms with Crippen LogP contribution in [0.15, 0.2) is 44.2 Å². The molecule has 0 saturated carbocycles. The molecule has 0 aromatic carbocycles. The summed E-state index contributed by atoms with van der Waals surface area (Å²) in [5.41, 5.74) is 0. The molecular formula is C13H11N3O3S2. The molecule has 3 heterocycles. The molecule has 0 bridgehead atoms. The van der Waals surface area contributed by atoms with Crippen molar-refractivity contribution >= 4 is 28.6 Å². The van der Waals surface area contributed by atoms with Gasteiger partial charge in [0.05, 0.1) is 11.4 Å². The van der Waals surface area contributed by atoms with E-state index in [1.54, 1.807) is 17.4 Å². The van der Waals surface area contributed by atoms with Crippen LogP contribution in [-0.4, -0.2) is 15.7 Å². The van der Waals surface area contributed by atoms with Crippen LogP contribution in [-0.2, 0) is 17.9 Å². The summed E-state index contributed by atoms with van der Waals surface area (Å²) in [5, 5.41) is 10.6. The minimum atomic E-state index is -0.635. The fraction of sp³-hybridized carbons (Fsp3) is 0.154. The monoisotopic (exact) mass is 321 g/mol. The van der Waals surface area contributed by atoms with Crippen molar-refractivity contribution in [3.05, 3.63) is 50.5 Å². The zero-order chi connectivity index (χ0) is 14.7. The summed E-state index contributed by atoms with van der Waals surface area (Å²) in [6.07, 6.45) is 0. The van der Waals surface area contributed by atoms with E-state index in [0.717, 1.165) is 14.4 Å². The molecule has 21 heavy (non-hydrogen) atoms. The van der Waals surface area contributed by atoms with Crippen molar-refractivity contribution in [3.8, 4) is 10.8 Å². The van der Waals surface area contributed by atoms with Gasteiger partial charge in [0.25, 0.3) is 5.89 Å². The highest BCUT2D eigenvalue weighted by Gasteiger charge is 2.13. The molecule has 0 aliphatic carbocycles. The second-order valence-corrected chi connectivity index (χ2v) is 6.14. The molecule has 8 heteroatoms. The predicted octanol–water partition coefficient (Wildman–Crippen LogP) is 1.94. The van der Waals surface area contributed by atoms with Gasteiger partial charge >= 0.3 is 5.76 Å². The van der Waals surface area contributed by atoms with Crippen LogP contribution in [0.1, 0.15) is 4.88 Å². The van der Waals surface area contributed by atoms with Crippen molar-refractivity contribution < 1.29 is 9.21 Å². The van der Waals surface area contributed by atoms with E-state index in [1.165, 1.54) is 11.3 Å². The van der Waals surface area contributed by atoms with Crippen molar-refractivity contribution in [1.82, 2.24) is 15.1 Å². The molecule has 0 unspecified atom stereocenters. The maximum absolute atomic E-state index is 11.8. The van der Waals surface area contributed by atoms with E-state index >= 15 is 0 Å². The maximum Gasteiger partial charge on any atom is 0.437 e. The van der Waals surface area contributed by atoms with Crippen LogP contribution in [0.3, 0.4) is 0 Å². The summed E-state index contributed by atoms with van der Waals surface area (Å²) in [6.45, 7) is 0.292. The number of amides is 1. The Morgan fingerprint density at radius 2 is 2.10 bits per heavy atom. The standard InChI is InChI=1S/C13H11N3O3S2/c17-11(14-7-9-3-1-5-20-9)8-16-13(18)19-12(15-16)10-4-2-6-21-10/h1-6H,7-8H2,(H,14,17). The second-order valence-electron chi connectivity index (χ2n) is 4.16. The van der Waals surface area contributed by atoms with Gasteiger partial charge < -0.3 is 9.73 Å². The number of carbonyl (C=O) groups excluding carboxylic acids is 1. The molecule has 0 spiro atoms. The maximum atomic E-state index is 11.8. The van der Waals surface area contributed by atoms with Gasteiger partial charge in [-0.25, -0.2) is 4.79 Å². The van der Waals surface area contributed by atoms with E-state index in [9.17, 15) is 9.59 Å². The number of nitrogens with zero attached hydrogens (tertiary/aromatic N) is 2. The van der Waals surface area contributed by atoms with Crippen LogP contribution >= 0.6 is 22.7 Å². The smallest absolute Gasteiger partial charge is 0.387 e. The van der Waals surface area contributed by atoms with Crippen molar-refractivity contribution in [2.45, 2.75) is 13.1 Å². The molecule has 108 valence electrons. The molecule has 6 nitrogen and oxygen atoms in total. The van der Waals surface area contributed by atoms with E-state index in [0.29, 0.717) is 6.54 Å². The summed E-state index contributed by atoms with van der Waals surface area (Å²) in [5.74, 6) is -0.678. The number of aromatic nitrogens is 2. The third kappa shape index (κ3) is 3.29. The van der Waals surface area contributed by atoms with Crippen LogP contribution in [0.2, 0.25) is 0 Å². The molecule has 0 aliphatic rings. The van der Waals surface area contributed by atoms with Gasteiger partial charge in [0.15, 0.2) is 0 Å². The first-order chi connectivity index (χ1) is 10.2. The van der Waals surface area contributed by atoms with E-state index in [2.05, 4.69) is 10.4 Å². The molecule has 3 aromatic heterocycles. The summed E-state index contributed by atoms with van der Waals surface area (Å²) < 4.78 is 6.07. The lowest BCUT2D eigenvalue weighted by atomic mass is 10.4. The average molecular weight is 321 g/mol. The lowest BCUT2D eigenvalue weighted by Crippen LogP contribution is -2.30. The number of nitrogens with one attached hydrogen (secondary N) is 1. The highest BCUT2D eigenvalue weighted by Crippen LogP contribution is 2.20. The molecule has 0 radical (unpaired) electrons. The fourth-order valence-corrected chi connectivity index (χ4v) is 2.99. The van der Waals surface area contributed by atoms with Crippen LogP contribution in [0.4, 0.5) is 0 Å². The molecule has 0 atom stereocenters. The molecule has 1 amide bonds. The highest BCUT2D eigenvalue weighted by molar-refractivity contribution is 7.13. The zero-order valence-corrected chi connectivity index (χ0v) is 12.4. The van der Waals surface area contributed by atoms with E-state index in [4.69, 9.17) is 4.42 Å². The van der Waals surface area contributed by atoms with Gasteiger partial charge in [-0.05, 0) is 22.9 Å². The first-order valence-electron chi connectivity index (χ1n) is 6.13. The van der Waals surface area contributed by atoms with Crippen molar-refractivity contribution in [2.75, 3.05) is 0 Å².